The number of rotatable bonds is 5. The second-order valence-corrected chi connectivity index (χ2v) is 5.18. The molecule has 21 heavy (non-hydrogen) atoms. The number of nitrogens with one attached hydrogen (secondary N) is 2. The summed E-state index contributed by atoms with van der Waals surface area (Å²) in [4.78, 5) is 0. The smallest absolute Gasteiger partial charge is 0.186 e. The van der Waals surface area contributed by atoms with Crippen LogP contribution in [0.25, 0.3) is 0 Å². The monoisotopic (exact) mass is 297 g/mol. The molecule has 108 valence electrons. The lowest BCUT2D eigenvalue weighted by Gasteiger charge is -2.06. The zero-order chi connectivity index (χ0) is 14.9. The molecule has 0 radical (unpaired) electrons. The summed E-state index contributed by atoms with van der Waals surface area (Å²) in [7, 11) is 0. The van der Waals surface area contributed by atoms with Crippen LogP contribution in [0.1, 0.15) is 16.7 Å². The van der Waals surface area contributed by atoms with Gasteiger partial charge in [0.05, 0.1) is 6.21 Å². The summed E-state index contributed by atoms with van der Waals surface area (Å²) in [5.41, 5.74) is 6.39. The molecule has 0 bridgehead atoms. The van der Waals surface area contributed by atoms with Gasteiger partial charge in [-0.15, -0.1) is 0 Å². The van der Waals surface area contributed by atoms with Crippen molar-refractivity contribution in [3.05, 3.63) is 71.3 Å². The van der Waals surface area contributed by atoms with Crippen molar-refractivity contribution >= 4 is 23.5 Å². The van der Waals surface area contributed by atoms with Crippen LogP contribution in [-0.2, 0) is 6.42 Å². The zero-order valence-corrected chi connectivity index (χ0v) is 12.9. The molecular formula is C17H19N3S. The molecule has 2 N–H and O–H groups in total. The first-order chi connectivity index (χ1) is 10.2. The standard InChI is InChI=1S/C17H19N3S/c1-14-7-9-16(10-8-14)13-19-20-17(21)18-12-11-15-5-3-2-4-6-15/h2-10,13H,11-12H2,1H3,(H2,18,20,21)/b19-13+. The molecule has 2 aromatic rings. The van der Waals surface area contributed by atoms with Crippen LogP contribution in [-0.4, -0.2) is 17.9 Å². The Morgan fingerprint density at radius 3 is 2.52 bits per heavy atom. The largest absolute Gasteiger partial charge is 0.361 e. The highest BCUT2D eigenvalue weighted by Crippen LogP contribution is 2.00. The van der Waals surface area contributed by atoms with E-state index in [-0.39, 0.29) is 0 Å². The third kappa shape index (κ3) is 5.75. The molecular weight excluding hydrogens is 278 g/mol. The van der Waals surface area contributed by atoms with Crippen molar-refractivity contribution in [1.29, 1.82) is 0 Å². The van der Waals surface area contributed by atoms with Crippen molar-refractivity contribution in [2.45, 2.75) is 13.3 Å². The maximum Gasteiger partial charge on any atom is 0.186 e. The topological polar surface area (TPSA) is 36.4 Å². The number of nitrogens with zero attached hydrogens (tertiary/aromatic N) is 1. The second kappa shape index (κ2) is 8.17. The molecule has 0 atom stereocenters. The maximum atomic E-state index is 5.17. The van der Waals surface area contributed by atoms with Crippen LogP contribution < -0.4 is 10.7 Å². The van der Waals surface area contributed by atoms with Crippen molar-refractivity contribution in [2.24, 2.45) is 5.10 Å². The molecule has 0 aliphatic heterocycles. The molecule has 0 fully saturated rings. The van der Waals surface area contributed by atoms with Crippen molar-refractivity contribution in [3.8, 4) is 0 Å². The van der Waals surface area contributed by atoms with Crippen LogP contribution in [0.3, 0.4) is 0 Å². The first-order valence-electron chi connectivity index (χ1n) is 6.91. The fourth-order valence-corrected chi connectivity index (χ4v) is 1.98. The predicted octanol–water partition coefficient (Wildman–Crippen LogP) is 3.04. The molecule has 3 nitrogen and oxygen atoms in total. The SMILES string of the molecule is Cc1ccc(/C=N/NC(=S)NCCc2ccccc2)cc1. The number of hydrazone groups is 1. The fourth-order valence-electron chi connectivity index (χ4n) is 1.82. The lowest BCUT2D eigenvalue weighted by Crippen LogP contribution is -2.33. The highest BCUT2D eigenvalue weighted by atomic mass is 32.1. The first-order valence-corrected chi connectivity index (χ1v) is 7.32. The maximum absolute atomic E-state index is 5.17. The molecule has 0 aliphatic carbocycles. The van der Waals surface area contributed by atoms with E-state index >= 15 is 0 Å². The third-order valence-corrected chi connectivity index (χ3v) is 3.23. The van der Waals surface area contributed by atoms with Gasteiger partial charge < -0.3 is 5.32 Å². The van der Waals surface area contributed by atoms with Gasteiger partial charge in [0, 0.05) is 6.54 Å². The summed E-state index contributed by atoms with van der Waals surface area (Å²) in [5, 5.41) is 7.79. The van der Waals surface area contributed by atoms with Gasteiger partial charge in [-0.05, 0) is 36.7 Å². The van der Waals surface area contributed by atoms with Crippen LogP contribution in [0.5, 0.6) is 0 Å². The van der Waals surface area contributed by atoms with Gasteiger partial charge in [0.2, 0.25) is 0 Å². The van der Waals surface area contributed by atoms with Crippen molar-refractivity contribution < 1.29 is 0 Å². The quantitative estimate of drug-likeness (QED) is 0.506. The minimum absolute atomic E-state index is 0.536. The Bertz CT molecular complexity index is 591. The lowest BCUT2D eigenvalue weighted by molar-refractivity contribution is 0.838. The minimum atomic E-state index is 0.536. The third-order valence-electron chi connectivity index (χ3n) is 3.00. The number of hydrogen-bond acceptors (Lipinski definition) is 2. The molecule has 2 aromatic carbocycles. The van der Waals surface area contributed by atoms with Gasteiger partial charge in [0.15, 0.2) is 5.11 Å². The Hall–Kier alpha value is -2.20. The summed E-state index contributed by atoms with van der Waals surface area (Å²) < 4.78 is 0. The Labute approximate surface area is 131 Å². The van der Waals surface area contributed by atoms with Gasteiger partial charge in [-0.1, -0.05) is 60.2 Å². The Morgan fingerprint density at radius 1 is 1.10 bits per heavy atom. The van der Waals surface area contributed by atoms with E-state index in [1.165, 1.54) is 11.1 Å². The minimum Gasteiger partial charge on any atom is -0.361 e. The number of hydrogen-bond donors (Lipinski definition) is 2. The fraction of sp³-hybridized carbons (Fsp3) is 0.176. The summed E-state index contributed by atoms with van der Waals surface area (Å²) in [6.07, 6.45) is 2.69. The Kier molecular flexibility index (Phi) is 5.91. The van der Waals surface area contributed by atoms with E-state index in [4.69, 9.17) is 12.2 Å². The van der Waals surface area contributed by atoms with E-state index in [2.05, 4.69) is 47.0 Å². The van der Waals surface area contributed by atoms with Gasteiger partial charge in [0.1, 0.15) is 0 Å². The lowest BCUT2D eigenvalue weighted by atomic mass is 10.1. The van der Waals surface area contributed by atoms with Gasteiger partial charge in [-0.2, -0.15) is 5.10 Å². The zero-order valence-electron chi connectivity index (χ0n) is 12.0. The van der Waals surface area contributed by atoms with Crippen LogP contribution in [0.15, 0.2) is 59.7 Å². The molecule has 0 aliphatic rings. The van der Waals surface area contributed by atoms with Crippen molar-refractivity contribution in [2.75, 3.05) is 6.54 Å². The summed E-state index contributed by atoms with van der Waals surface area (Å²) in [6, 6.07) is 18.5. The highest BCUT2D eigenvalue weighted by molar-refractivity contribution is 7.80. The molecule has 0 saturated carbocycles. The summed E-state index contributed by atoms with van der Waals surface area (Å²) in [6.45, 7) is 2.85. The molecule has 0 aromatic heterocycles. The highest BCUT2D eigenvalue weighted by Gasteiger charge is 1.94. The van der Waals surface area contributed by atoms with Crippen LogP contribution in [0.4, 0.5) is 0 Å². The average molecular weight is 297 g/mol. The van der Waals surface area contributed by atoms with Crippen molar-refractivity contribution in [3.63, 3.8) is 0 Å². The van der Waals surface area contributed by atoms with E-state index in [0.717, 1.165) is 18.5 Å². The van der Waals surface area contributed by atoms with E-state index in [9.17, 15) is 0 Å². The number of aryl methyl sites for hydroxylation is 1. The first kappa shape index (κ1) is 15.2. The van der Waals surface area contributed by atoms with Crippen molar-refractivity contribution in [1.82, 2.24) is 10.7 Å². The van der Waals surface area contributed by atoms with E-state index in [0.29, 0.717) is 5.11 Å². The van der Waals surface area contributed by atoms with Gasteiger partial charge in [-0.3, -0.25) is 5.43 Å². The van der Waals surface area contributed by atoms with Gasteiger partial charge in [-0.25, -0.2) is 0 Å². The van der Waals surface area contributed by atoms with Crippen LogP contribution in [0, 0.1) is 6.92 Å². The molecule has 0 saturated heterocycles. The Balaban J connectivity index is 1.69. The van der Waals surface area contributed by atoms with Gasteiger partial charge >= 0.3 is 0 Å². The molecule has 4 heteroatoms. The van der Waals surface area contributed by atoms with E-state index in [1.807, 2.05) is 30.3 Å². The molecule has 0 amide bonds. The second-order valence-electron chi connectivity index (χ2n) is 4.77. The van der Waals surface area contributed by atoms with E-state index < -0.39 is 0 Å². The molecule has 0 heterocycles. The summed E-state index contributed by atoms with van der Waals surface area (Å²) >= 11 is 5.17. The number of benzene rings is 2. The van der Waals surface area contributed by atoms with E-state index in [1.54, 1.807) is 6.21 Å². The summed E-state index contributed by atoms with van der Waals surface area (Å²) in [5.74, 6) is 0. The average Bonchev–Trinajstić information content (AvgIpc) is 2.50. The van der Waals surface area contributed by atoms with Crippen LogP contribution >= 0.6 is 12.2 Å². The normalized spacial score (nSPS) is 10.5. The number of thiocarbonyl (C=S) groups is 1. The van der Waals surface area contributed by atoms with Gasteiger partial charge in [0.25, 0.3) is 0 Å². The molecule has 0 unspecified atom stereocenters. The predicted molar refractivity (Wildman–Crippen MR) is 92.7 cm³/mol. The molecule has 2 rings (SSSR count). The molecule has 0 spiro atoms. The van der Waals surface area contributed by atoms with Crippen LogP contribution in [0.2, 0.25) is 0 Å². The Morgan fingerprint density at radius 2 is 1.81 bits per heavy atom.